The van der Waals surface area contributed by atoms with E-state index in [-0.39, 0.29) is 5.91 Å². The van der Waals surface area contributed by atoms with Crippen LogP contribution < -0.4 is 5.32 Å². The van der Waals surface area contributed by atoms with Crippen molar-refractivity contribution in [1.82, 2.24) is 14.9 Å². The normalized spacial score (nSPS) is 13.2. The number of aromatic nitrogens is 2. The van der Waals surface area contributed by atoms with E-state index in [4.69, 9.17) is 0 Å². The SMILES string of the molecule is CC(=O)N1Cc2ccc(Nc3ncc(C)cn3)cc2C1. The fourth-order valence-electron chi connectivity index (χ4n) is 2.28. The zero-order chi connectivity index (χ0) is 14.1. The molecule has 0 saturated heterocycles. The minimum absolute atomic E-state index is 0.109. The largest absolute Gasteiger partial charge is 0.334 e. The van der Waals surface area contributed by atoms with Gasteiger partial charge in [-0.2, -0.15) is 0 Å². The molecule has 5 heteroatoms. The van der Waals surface area contributed by atoms with E-state index < -0.39 is 0 Å². The predicted octanol–water partition coefficient (Wildman–Crippen LogP) is 2.39. The fourth-order valence-corrected chi connectivity index (χ4v) is 2.28. The molecule has 1 aromatic heterocycles. The van der Waals surface area contributed by atoms with Crippen LogP contribution in [0.4, 0.5) is 11.6 Å². The number of carbonyl (C=O) groups is 1. The summed E-state index contributed by atoms with van der Waals surface area (Å²) in [6, 6.07) is 6.10. The second kappa shape index (κ2) is 4.92. The molecule has 1 aliphatic rings. The predicted molar refractivity (Wildman–Crippen MR) is 76.4 cm³/mol. The fraction of sp³-hybridized carbons (Fsp3) is 0.267. The van der Waals surface area contributed by atoms with Crippen molar-refractivity contribution in [2.24, 2.45) is 0 Å². The van der Waals surface area contributed by atoms with Crippen LogP contribution in [0.1, 0.15) is 23.6 Å². The van der Waals surface area contributed by atoms with Gasteiger partial charge in [-0.15, -0.1) is 0 Å². The Morgan fingerprint density at radius 1 is 1.20 bits per heavy atom. The highest BCUT2D eigenvalue weighted by Gasteiger charge is 2.20. The molecular weight excluding hydrogens is 252 g/mol. The highest BCUT2D eigenvalue weighted by molar-refractivity contribution is 5.74. The number of hydrogen-bond acceptors (Lipinski definition) is 4. The molecule has 0 atom stereocenters. The number of aryl methyl sites for hydroxylation is 1. The van der Waals surface area contributed by atoms with E-state index >= 15 is 0 Å². The van der Waals surface area contributed by atoms with Gasteiger partial charge in [-0.25, -0.2) is 9.97 Å². The molecule has 0 radical (unpaired) electrons. The number of benzene rings is 1. The highest BCUT2D eigenvalue weighted by Crippen LogP contribution is 2.26. The molecule has 0 bridgehead atoms. The molecule has 20 heavy (non-hydrogen) atoms. The standard InChI is InChI=1S/C15H16N4O/c1-10-6-16-15(17-7-10)18-14-4-3-12-8-19(11(2)20)9-13(12)5-14/h3-7H,8-9H2,1-2H3,(H,16,17,18). The van der Waals surface area contributed by atoms with Gasteiger partial charge in [0.15, 0.2) is 0 Å². The summed E-state index contributed by atoms with van der Waals surface area (Å²) in [6.45, 7) is 4.93. The van der Waals surface area contributed by atoms with Gasteiger partial charge in [0.2, 0.25) is 11.9 Å². The summed E-state index contributed by atoms with van der Waals surface area (Å²) in [5.41, 5.74) is 4.35. The quantitative estimate of drug-likeness (QED) is 0.908. The Kier molecular flexibility index (Phi) is 3.10. The maximum Gasteiger partial charge on any atom is 0.227 e. The van der Waals surface area contributed by atoms with Crippen LogP contribution in [-0.4, -0.2) is 20.8 Å². The number of anilines is 2. The Hall–Kier alpha value is -2.43. The number of hydrogen-bond donors (Lipinski definition) is 1. The van der Waals surface area contributed by atoms with Gasteiger partial charge in [0.25, 0.3) is 0 Å². The van der Waals surface area contributed by atoms with Gasteiger partial charge in [-0.1, -0.05) is 6.07 Å². The summed E-state index contributed by atoms with van der Waals surface area (Å²) in [4.78, 5) is 21.7. The molecule has 1 aliphatic heterocycles. The van der Waals surface area contributed by atoms with E-state index in [9.17, 15) is 4.79 Å². The average Bonchev–Trinajstić information content (AvgIpc) is 2.85. The molecule has 0 saturated carbocycles. The van der Waals surface area contributed by atoms with Gasteiger partial charge in [-0.05, 0) is 35.7 Å². The maximum atomic E-state index is 11.4. The van der Waals surface area contributed by atoms with Crippen molar-refractivity contribution in [2.75, 3.05) is 5.32 Å². The third-order valence-electron chi connectivity index (χ3n) is 3.41. The molecular formula is C15H16N4O. The lowest BCUT2D eigenvalue weighted by Gasteiger charge is -2.11. The molecule has 1 aromatic carbocycles. The van der Waals surface area contributed by atoms with Crippen molar-refractivity contribution in [3.8, 4) is 0 Å². The van der Waals surface area contributed by atoms with Crippen LogP contribution in [0.3, 0.4) is 0 Å². The van der Waals surface area contributed by atoms with E-state index in [1.165, 1.54) is 11.1 Å². The Bertz CT molecular complexity index is 651. The lowest BCUT2D eigenvalue weighted by molar-refractivity contribution is -0.129. The average molecular weight is 268 g/mol. The first kappa shape index (κ1) is 12.6. The number of rotatable bonds is 2. The molecule has 1 amide bonds. The molecule has 0 spiro atoms. The third-order valence-corrected chi connectivity index (χ3v) is 3.41. The minimum atomic E-state index is 0.109. The zero-order valence-corrected chi connectivity index (χ0v) is 11.6. The second-order valence-electron chi connectivity index (χ2n) is 5.07. The Balaban J connectivity index is 1.79. The van der Waals surface area contributed by atoms with Crippen molar-refractivity contribution < 1.29 is 4.79 Å². The van der Waals surface area contributed by atoms with E-state index in [0.717, 1.165) is 11.3 Å². The van der Waals surface area contributed by atoms with Crippen LogP contribution in [0, 0.1) is 6.92 Å². The van der Waals surface area contributed by atoms with Crippen LogP contribution in [-0.2, 0) is 17.9 Å². The van der Waals surface area contributed by atoms with Gasteiger partial charge in [0.05, 0.1) is 0 Å². The number of fused-ring (bicyclic) bond motifs is 1. The lowest BCUT2D eigenvalue weighted by Crippen LogP contribution is -2.21. The third kappa shape index (κ3) is 2.47. The first-order valence-electron chi connectivity index (χ1n) is 6.55. The van der Waals surface area contributed by atoms with Crippen LogP contribution >= 0.6 is 0 Å². The smallest absolute Gasteiger partial charge is 0.227 e. The molecule has 3 rings (SSSR count). The maximum absolute atomic E-state index is 11.4. The molecule has 1 N–H and O–H groups in total. The molecule has 0 fully saturated rings. The van der Waals surface area contributed by atoms with Crippen molar-refractivity contribution in [3.05, 3.63) is 47.3 Å². The zero-order valence-electron chi connectivity index (χ0n) is 11.6. The van der Waals surface area contributed by atoms with Gasteiger partial charge in [0.1, 0.15) is 0 Å². The molecule has 102 valence electrons. The first-order chi connectivity index (χ1) is 9.61. The Labute approximate surface area is 117 Å². The summed E-state index contributed by atoms with van der Waals surface area (Å²) >= 11 is 0. The van der Waals surface area contributed by atoms with Crippen LogP contribution in [0.15, 0.2) is 30.6 Å². The van der Waals surface area contributed by atoms with Crippen LogP contribution in [0.25, 0.3) is 0 Å². The van der Waals surface area contributed by atoms with E-state index in [0.29, 0.717) is 19.0 Å². The minimum Gasteiger partial charge on any atom is -0.334 e. The number of amides is 1. The monoisotopic (exact) mass is 268 g/mol. The van der Waals surface area contributed by atoms with E-state index in [1.54, 1.807) is 19.3 Å². The number of nitrogens with zero attached hydrogens (tertiary/aromatic N) is 3. The van der Waals surface area contributed by atoms with Gasteiger partial charge < -0.3 is 10.2 Å². The molecule has 2 aromatic rings. The summed E-state index contributed by atoms with van der Waals surface area (Å²) in [5.74, 6) is 0.689. The summed E-state index contributed by atoms with van der Waals surface area (Å²) < 4.78 is 0. The van der Waals surface area contributed by atoms with Gasteiger partial charge in [-0.3, -0.25) is 4.79 Å². The van der Waals surface area contributed by atoms with Crippen molar-refractivity contribution in [3.63, 3.8) is 0 Å². The summed E-state index contributed by atoms with van der Waals surface area (Å²) in [6.07, 6.45) is 3.56. The Morgan fingerprint density at radius 2 is 1.90 bits per heavy atom. The molecule has 5 nitrogen and oxygen atoms in total. The summed E-state index contributed by atoms with van der Waals surface area (Å²) in [7, 11) is 0. The van der Waals surface area contributed by atoms with Gasteiger partial charge in [0, 0.05) is 38.1 Å². The first-order valence-corrected chi connectivity index (χ1v) is 6.55. The summed E-state index contributed by atoms with van der Waals surface area (Å²) in [5, 5.41) is 3.18. The topological polar surface area (TPSA) is 58.1 Å². The lowest BCUT2D eigenvalue weighted by atomic mass is 10.1. The van der Waals surface area contributed by atoms with E-state index in [1.807, 2.05) is 17.9 Å². The van der Waals surface area contributed by atoms with Crippen LogP contribution in [0.2, 0.25) is 0 Å². The van der Waals surface area contributed by atoms with Crippen molar-refractivity contribution in [2.45, 2.75) is 26.9 Å². The van der Waals surface area contributed by atoms with E-state index in [2.05, 4.69) is 27.4 Å². The second-order valence-corrected chi connectivity index (χ2v) is 5.07. The molecule has 0 unspecified atom stereocenters. The highest BCUT2D eigenvalue weighted by atomic mass is 16.2. The van der Waals surface area contributed by atoms with Crippen molar-refractivity contribution >= 4 is 17.5 Å². The molecule has 0 aliphatic carbocycles. The number of nitrogens with one attached hydrogen (secondary N) is 1. The van der Waals surface area contributed by atoms with Gasteiger partial charge >= 0.3 is 0 Å². The molecule has 2 heterocycles. The Morgan fingerprint density at radius 3 is 2.60 bits per heavy atom. The number of carbonyl (C=O) groups excluding carboxylic acids is 1. The van der Waals surface area contributed by atoms with Crippen molar-refractivity contribution in [1.29, 1.82) is 0 Å². The van der Waals surface area contributed by atoms with Crippen LogP contribution in [0.5, 0.6) is 0 Å².